The lowest BCUT2D eigenvalue weighted by molar-refractivity contribution is -0.206. The second kappa shape index (κ2) is 5.48. The van der Waals surface area contributed by atoms with Gasteiger partial charge in [0.15, 0.2) is 0 Å². The fraction of sp³-hybridized carbons (Fsp3) is 0.500. The summed E-state index contributed by atoms with van der Waals surface area (Å²) in [5.74, 6) is -1.88. The van der Waals surface area contributed by atoms with Gasteiger partial charge in [-0.15, -0.1) is 0 Å². The molecule has 0 amide bonds. The van der Waals surface area contributed by atoms with E-state index in [4.69, 9.17) is 0 Å². The van der Waals surface area contributed by atoms with Gasteiger partial charge in [-0.05, 0) is 18.4 Å². The van der Waals surface area contributed by atoms with Crippen molar-refractivity contribution in [3.8, 4) is 0 Å². The fourth-order valence-corrected chi connectivity index (χ4v) is 3.38. The summed E-state index contributed by atoms with van der Waals surface area (Å²) in [5, 5.41) is 19.2. The van der Waals surface area contributed by atoms with E-state index in [9.17, 15) is 19.8 Å². The Hall–Kier alpha value is -1.88. The van der Waals surface area contributed by atoms with Gasteiger partial charge in [-0.3, -0.25) is 14.5 Å². The number of hydrogen-bond acceptors (Lipinski definition) is 3. The number of benzene rings is 1. The molecule has 0 bridgehead atoms. The minimum Gasteiger partial charge on any atom is -0.480 e. The Morgan fingerprint density at radius 2 is 1.52 bits per heavy atom. The highest BCUT2D eigenvalue weighted by molar-refractivity contribution is 5.89. The van der Waals surface area contributed by atoms with Crippen LogP contribution in [-0.4, -0.2) is 38.1 Å². The predicted molar refractivity (Wildman–Crippen MR) is 77.9 cm³/mol. The van der Waals surface area contributed by atoms with E-state index < -0.39 is 23.0 Å². The van der Waals surface area contributed by atoms with E-state index >= 15 is 0 Å². The normalized spacial score (nSPS) is 28.9. The molecule has 0 saturated carbocycles. The Labute approximate surface area is 124 Å². The van der Waals surface area contributed by atoms with Crippen LogP contribution < -0.4 is 0 Å². The number of rotatable bonds is 6. The molecule has 21 heavy (non-hydrogen) atoms. The molecule has 1 heterocycles. The van der Waals surface area contributed by atoms with E-state index in [1.54, 1.807) is 18.7 Å². The van der Waals surface area contributed by atoms with Gasteiger partial charge in [-0.2, -0.15) is 0 Å². The molecule has 1 aliphatic heterocycles. The second-order valence-electron chi connectivity index (χ2n) is 5.63. The standard InChI is InChI=1S/C16H21NO4/c1-3-15(13(18)19)11-16(4-2,14(20)21)17(15)10-12-8-6-5-7-9-12/h5-9H,3-4,10-11H2,1-2H3,(H,18,19)(H,20,21)/t15-,16-/m0/s1. The van der Waals surface area contributed by atoms with Crippen molar-refractivity contribution in [3.63, 3.8) is 0 Å². The zero-order chi connectivity index (χ0) is 15.7. The molecule has 5 heteroatoms. The van der Waals surface area contributed by atoms with Gasteiger partial charge < -0.3 is 10.2 Å². The lowest BCUT2D eigenvalue weighted by Gasteiger charge is -2.61. The Morgan fingerprint density at radius 3 is 1.90 bits per heavy atom. The Bertz CT molecular complexity index is 516. The maximum Gasteiger partial charge on any atom is 0.324 e. The first kappa shape index (κ1) is 15.5. The molecule has 1 aromatic carbocycles. The molecule has 0 radical (unpaired) electrons. The van der Waals surface area contributed by atoms with E-state index in [1.807, 2.05) is 30.3 Å². The van der Waals surface area contributed by atoms with Gasteiger partial charge in [0.25, 0.3) is 0 Å². The first-order chi connectivity index (χ1) is 9.93. The molecule has 0 aromatic heterocycles. The minimum absolute atomic E-state index is 0.157. The summed E-state index contributed by atoms with van der Waals surface area (Å²) in [6, 6.07) is 9.41. The van der Waals surface area contributed by atoms with Crippen LogP contribution in [0.1, 0.15) is 38.7 Å². The first-order valence-electron chi connectivity index (χ1n) is 7.21. The highest BCUT2D eigenvalue weighted by atomic mass is 16.4. The number of likely N-dealkylation sites (tertiary alicyclic amines) is 1. The molecule has 0 aliphatic carbocycles. The van der Waals surface area contributed by atoms with Crippen molar-refractivity contribution >= 4 is 11.9 Å². The highest BCUT2D eigenvalue weighted by Gasteiger charge is 2.67. The summed E-state index contributed by atoms with van der Waals surface area (Å²) < 4.78 is 0. The number of carboxylic acid groups (broad SMARTS) is 2. The van der Waals surface area contributed by atoms with Gasteiger partial charge in [0, 0.05) is 13.0 Å². The molecule has 0 spiro atoms. The topological polar surface area (TPSA) is 77.8 Å². The van der Waals surface area contributed by atoms with Crippen molar-refractivity contribution in [2.45, 2.75) is 50.7 Å². The molecule has 2 rings (SSSR count). The first-order valence-corrected chi connectivity index (χ1v) is 7.21. The van der Waals surface area contributed by atoms with Gasteiger partial charge in [-0.1, -0.05) is 44.2 Å². The molecule has 1 saturated heterocycles. The van der Waals surface area contributed by atoms with Gasteiger partial charge in [0.05, 0.1) is 0 Å². The van der Waals surface area contributed by atoms with Gasteiger partial charge in [-0.25, -0.2) is 0 Å². The van der Waals surface area contributed by atoms with Gasteiger partial charge >= 0.3 is 11.9 Å². The van der Waals surface area contributed by atoms with Gasteiger partial charge in [0.1, 0.15) is 11.1 Å². The van der Waals surface area contributed by atoms with Crippen molar-refractivity contribution in [2.75, 3.05) is 0 Å². The summed E-state index contributed by atoms with van der Waals surface area (Å²) in [5.41, 5.74) is -1.23. The van der Waals surface area contributed by atoms with Crippen molar-refractivity contribution in [2.24, 2.45) is 0 Å². The van der Waals surface area contributed by atoms with Crippen molar-refractivity contribution in [1.29, 1.82) is 0 Å². The number of carboxylic acids is 2. The summed E-state index contributed by atoms with van der Waals surface area (Å²) in [4.78, 5) is 25.1. The molecule has 2 N–H and O–H groups in total. The van der Waals surface area contributed by atoms with E-state index in [-0.39, 0.29) is 6.42 Å². The predicted octanol–water partition coefficient (Wildman–Crippen LogP) is 2.36. The third-order valence-corrected chi connectivity index (χ3v) is 4.77. The van der Waals surface area contributed by atoms with Gasteiger partial charge in [0.2, 0.25) is 0 Å². The SMILES string of the molecule is CC[C@@]1(C(=O)O)C[C@@](CC)(C(=O)O)N1Cc1ccccc1. The van der Waals surface area contributed by atoms with Crippen LogP contribution in [0, 0.1) is 0 Å². The third-order valence-electron chi connectivity index (χ3n) is 4.77. The van der Waals surface area contributed by atoms with Crippen molar-refractivity contribution in [3.05, 3.63) is 35.9 Å². The Kier molecular flexibility index (Phi) is 4.05. The third kappa shape index (κ3) is 2.21. The van der Waals surface area contributed by atoms with Crippen LogP contribution in [0.3, 0.4) is 0 Å². The Balaban J connectivity index is 2.40. The molecule has 0 unspecified atom stereocenters. The molecular formula is C16H21NO4. The van der Waals surface area contributed by atoms with Crippen LogP contribution in [-0.2, 0) is 16.1 Å². The molecule has 114 valence electrons. The largest absolute Gasteiger partial charge is 0.480 e. The smallest absolute Gasteiger partial charge is 0.324 e. The average molecular weight is 291 g/mol. The zero-order valence-corrected chi connectivity index (χ0v) is 12.4. The maximum atomic E-state index is 11.7. The van der Waals surface area contributed by atoms with Crippen LogP contribution >= 0.6 is 0 Å². The molecule has 1 aromatic rings. The lowest BCUT2D eigenvalue weighted by atomic mass is 9.65. The monoisotopic (exact) mass is 291 g/mol. The Morgan fingerprint density at radius 1 is 1.05 bits per heavy atom. The van der Waals surface area contributed by atoms with Crippen molar-refractivity contribution in [1.82, 2.24) is 4.90 Å². The lowest BCUT2D eigenvalue weighted by Crippen LogP contribution is -2.78. The zero-order valence-electron chi connectivity index (χ0n) is 12.4. The van der Waals surface area contributed by atoms with Crippen LogP contribution in [0.4, 0.5) is 0 Å². The van der Waals surface area contributed by atoms with Crippen LogP contribution in [0.15, 0.2) is 30.3 Å². The average Bonchev–Trinajstić information content (AvgIpc) is 2.46. The number of hydrogen-bond donors (Lipinski definition) is 2. The van der Waals surface area contributed by atoms with Crippen LogP contribution in [0.5, 0.6) is 0 Å². The quantitative estimate of drug-likeness (QED) is 0.841. The molecule has 1 aliphatic rings. The summed E-state index contributed by atoms with van der Waals surface area (Å²) in [6.07, 6.45) is 0.943. The number of aliphatic carboxylic acids is 2. The molecule has 2 atom stereocenters. The molecule has 1 fully saturated rings. The fourth-order valence-electron chi connectivity index (χ4n) is 3.38. The van der Waals surface area contributed by atoms with Crippen LogP contribution in [0.2, 0.25) is 0 Å². The number of carbonyl (C=O) groups is 2. The van der Waals surface area contributed by atoms with E-state index in [1.165, 1.54) is 0 Å². The molecule has 5 nitrogen and oxygen atoms in total. The van der Waals surface area contributed by atoms with E-state index in [0.29, 0.717) is 19.4 Å². The summed E-state index contributed by atoms with van der Waals surface area (Å²) in [7, 11) is 0. The highest BCUT2D eigenvalue weighted by Crippen LogP contribution is 2.50. The van der Waals surface area contributed by atoms with E-state index in [0.717, 1.165) is 5.56 Å². The summed E-state index contributed by atoms with van der Waals surface area (Å²) >= 11 is 0. The maximum absolute atomic E-state index is 11.7. The number of nitrogens with zero attached hydrogens (tertiary/aromatic N) is 1. The van der Waals surface area contributed by atoms with Crippen molar-refractivity contribution < 1.29 is 19.8 Å². The van der Waals surface area contributed by atoms with Crippen LogP contribution in [0.25, 0.3) is 0 Å². The molecular weight excluding hydrogens is 270 g/mol. The van der Waals surface area contributed by atoms with E-state index in [2.05, 4.69) is 0 Å². The second-order valence-corrected chi connectivity index (χ2v) is 5.63. The summed E-state index contributed by atoms with van der Waals surface area (Å²) in [6.45, 7) is 3.93. The minimum atomic E-state index is -1.08.